The van der Waals surface area contributed by atoms with Crippen LogP contribution in [0.2, 0.25) is 0 Å². The highest BCUT2D eigenvalue weighted by molar-refractivity contribution is 5.10. The minimum Gasteiger partial charge on any atom is -0.302 e. The minimum atomic E-state index is -0.292. The molecule has 1 saturated heterocycles. The Kier molecular flexibility index (Phi) is 3.25. The number of nitriles is 1. The number of nitrogens with zero attached hydrogens (tertiary/aromatic N) is 2. The summed E-state index contributed by atoms with van der Waals surface area (Å²) in [6.45, 7) is 1.70. The third kappa shape index (κ3) is 2.31. The molecule has 2 rings (SSSR count). The molecule has 15 heavy (non-hydrogen) atoms. The SMILES string of the molecule is CON1CCC(C#N)(NC2CCC2)CC1. The van der Waals surface area contributed by atoms with Gasteiger partial charge in [-0.15, -0.1) is 0 Å². The average molecular weight is 209 g/mol. The van der Waals surface area contributed by atoms with Gasteiger partial charge in [-0.2, -0.15) is 10.3 Å². The molecule has 2 aliphatic rings. The number of hydroxylamine groups is 2. The van der Waals surface area contributed by atoms with Gasteiger partial charge < -0.3 is 4.84 Å². The Balaban J connectivity index is 1.89. The van der Waals surface area contributed by atoms with Crippen LogP contribution in [0.5, 0.6) is 0 Å². The van der Waals surface area contributed by atoms with Crippen molar-refractivity contribution >= 4 is 0 Å². The second kappa shape index (κ2) is 4.48. The van der Waals surface area contributed by atoms with Crippen molar-refractivity contribution in [3.05, 3.63) is 0 Å². The van der Waals surface area contributed by atoms with Gasteiger partial charge in [0.25, 0.3) is 0 Å². The summed E-state index contributed by atoms with van der Waals surface area (Å²) in [6.07, 6.45) is 5.51. The molecule has 84 valence electrons. The molecular formula is C11H19N3O. The molecule has 1 saturated carbocycles. The molecule has 0 aromatic rings. The zero-order chi connectivity index (χ0) is 10.7. The van der Waals surface area contributed by atoms with Crippen molar-refractivity contribution < 1.29 is 4.84 Å². The van der Waals surface area contributed by atoms with E-state index in [1.807, 2.05) is 5.06 Å². The number of piperidine rings is 1. The van der Waals surface area contributed by atoms with Gasteiger partial charge in [0, 0.05) is 19.1 Å². The molecule has 0 amide bonds. The van der Waals surface area contributed by atoms with Crippen molar-refractivity contribution in [3.63, 3.8) is 0 Å². The summed E-state index contributed by atoms with van der Waals surface area (Å²) in [6, 6.07) is 3.05. The summed E-state index contributed by atoms with van der Waals surface area (Å²) in [5.41, 5.74) is -0.292. The molecule has 0 radical (unpaired) electrons. The number of nitrogens with one attached hydrogen (secondary N) is 1. The predicted octanol–water partition coefficient (Wildman–Crippen LogP) is 1.05. The van der Waals surface area contributed by atoms with E-state index in [1.165, 1.54) is 19.3 Å². The van der Waals surface area contributed by atoms with Gasteiger partial charge in [-0.05, 0) is 25.7 Å². The van der Waals surface area contributed by atoms with E-state index in [0.29, 0.717) is 6.04 Å². The minimum absolute atomic E-state index is 0.292. The van der Waals surface area contributed by atoms with Gasteiger partial charge >= 0.3 is 0 Å². The first-order valence-electron chi connectivity index (χ1n) is 5.76. The van der Waals surface area contributed by atoms with Crippen LogP contribution in [-0.4, -0.2) is 36.8 Å². The molecule has 4 nitrogen and oxygen atoms in total. The summed E-state index contributed by atoms with van der Waals surface area (Å²) in [5.74, 6) is 0. The van der Waals surface area contributed by atoms with Crippen molar-refractivity contribution in [1.82, 2.24) is 10.4 Å². The number of rotatable bonds is 3. The van der Waals surface area contributed by atoms with E-state index in [1.54, 1.807) is 7.11 Å². The van der Waals surface area contributed by atoms with E-state index in [2.05, 4.69) is 11.4 Å². The van der Waals surface area contributed by atoms with E-state index in [-0.39, 0.29) is 5.54 Å². The fourth-order valence-electron chi connectivity index (χ4n) is 2.28. The second-order valence-electron chi connectivity index (χ2n) is 4.58. The maximum atomic E-state index is 9.30. The van der Waals surface area contributed by atoms with Gasteiger partial charge in [-0.1, -0.05) is 6.42 Å². The van der Waals surface area contributed by atoms with Crippen LogP contribution in [0.25, 0.3) is 0 Å². The topological polar surface area (TPSA) is 48.3 Å². The van der Waals surface area contributed by atoms with Crippen LogP contribution in [0.4, 0.5) is 0 Å². The van der Waals surface area contributed by atoms with Crippen LogP contribution in [-0.2, 0) is 4.84 Å². The fraction of sp³-hybridized carbons (Fsp3) is 0.909. The Labute approximate surface area is 91.1 Å². The quantitative estimate of drug-likeness (QED) is 0.754. The lowest BCUT2D eigenvalue weighted by Crippen LogP contribution is -2.56. The van der Waals surface area contributed by atoms with E-state index in [0.717, 1.165) is 25.9 Å². The summed E-state index contributed by atoms with van der Waals surface area (Å²) in [7, 11) is 1.69. The van der Waals surface area contributed by atoms with Crippen LogP contribution < -0.4 is 5.32 Å². The highest BCUT2D eigenvalue weighted by Crippen LogP contribution is 2.27. The molecule has 0 aromatic carbocycles. The first kappa shape index (κ1) is 10.9. The van der Waals surface area contributed by atoms with Gasteiger partial charge in [-0.25, -0.2) is 0 Å². The highest BCUT2D eigenvalue weighted by atomic mass is 16.7. The monoisotopic (exact) mass is 209 g/mol. The van der Waals surface area contributed by atoms with Gasteiger partial charge in [-0.3, -0.25) is 5.32 Å². The first-order chi connectivity index (χ1) is 7.28. The standard InChI is InChI=1S/C11H19N3O/c1-15-14-7-5-11(9-12,6-8-14)13-10-3-2-4-10/h10,13H,2-8H2,1H3. The predicted molar refractivity (Wildman–Crippen MR) is 56.9 cm³/mol. The van der Waals surface area contributed by atoms with Gasteiger partial charge in [0.1, 0.15) is 5.54 Å². The maximum Gasteiger partial charge on any atom is 0.109 e. The van der Waals surface area contributed by atoms with Crippen molar-refractivity contribution in [2.45, 2.75) is 43.7 Å². The largest absolute Gasteiger partial charge is 0.302 e. The van der Waals surface area contributed by atoms with E-state index >= 15 is 0 Å². The molecule has 1 N–H and O–H groups in total. The Morgan fingerprint density at radius 3 is 2.47 bits per heavy atom. The highest BCUT2D eigenvalue weighted by Gasteiger charge is 2.37. The summed E-state index contributed by atoms with van der Waals surface area (Å²) < 4.78 is 0. The summed E-state index contributed by atoms with van der Waals surface area (Å²) in [5, 5.41) is 14.7. The van der Waals surface area contributed by atoms with Gasteiger partial charge in [0.15, 0.2) is 0 Å². The van der Waals surface area contributed by atoms with Gasteiger partial charge in [0.05, 0.1) is 13.2 Å². The molecule has 2 fully saturated rings. The fourth-order valence-corrected chi connectivity index (χ4v) is 2.28. The molecule has 4 heteroatoms. The van der Waals surface area contributed by atoms with Crippen molar-refractivity contribution in [2.75, 3.05) is 20.2 Å². The zero-order valence-electron chi connectivity index (χ0n) is 9.33. The second-order valence-corrected chi connectivity index (χ2v) is 4.58. The van der Waals surface area contributed by atoms with E-state index in [9.17, 15) is 5.26 Å². The van der Waals surface area contributed by atoms with Gasteiger partial charge in [0.2, 0.25) is 0 Å². The molecule has 0 spiro atoms. The molecule has 1 heterocycles. The van der Waals surface area contributed by atoms with Crippen LogP contribution in [0.15, 0.2) is 0 Å². The lowest BCUT2D eigenvalue weighted by molar-refractivity contribution is -0.149. The third-order valence-electron chi connectivity index (χ3n) is 3.63. The van der Waals surface area contributed by atoms with Crippen molar-refractivity contribution in [2.24, 2.45) is 0 Å². The first-order valence-corrected chi connectivity index (χ1v) is 5.76. The molecule has 0 bridgehead atoms. The lowest BCUT2D eigenvalue weighted by Gasteiger charge is -2.41. The zero-order valence-corrected chi connectivity index (χ0v) is 9.33. The summed E-state index contributed by atoms with van der Waals surface area (Å²) >= 11 is 0. The van der Waals surface area contributed by atoms with E-state index < -0.39 is 0 Å². The third-order valence-corrected chi connectivity index (χ3v) is 3.63. The Bertz CT molecular complexity index is 249. The molecule has 1 aliphatic carbocycles. The van der Waals surface area contributed by atoms with Crippen molar-refractivity contribution in [1.29, 1.82) is 5.26 Å². The molecular weight excluding hydrogens is 190 g/mol. The number of hydrogen-bond acceptors (Lipinski definition) is 4. The van der Waals surface area contributed by atoms with Crippen LogP contribution in [0.1, 0.15) is 32.1 Å². The van der Waals surface area contributed by atoms with Crippen molar-refractivity contribution in [3.8, 4) is 6.07 Å². The lowest BCUT2D eigenvalue weighted by atomic mass is 9.84. The molecule has 1 aliphatic heterocycles. The smallest absolute Gasteiger partial charge is 0.109 e. The molecule has 0 atom stereocenters. The van der Waals surface area contributed by atoms with Crippen LogP contribution in [0, 0.1) is 11.3 Å². The van der Waals surface area contributed by atoms with E-state index in [4.69, 9.17) is 4.84 Å². The summed E-state index contributed by atoms with van der Waals surface area (Å²) in [4.78, 5) is 5.17. The molecule has 0 aromatic heterocycles. The molecule has 0 unspecified atom stereocenters. The Hall–Kier alpha value is -0.630. The Morgan fingerprint density at radius 1 is 1.40 bits per heavy atom. The maximum absolute atomic E-state index is 9.30. The number of hydrogen-bond donors (Lipinski definition) is 1. The van der Waals surface area contributed by atoms with Crippen LogP contribution >= 0.6 is 0 Å². The van der Waals surface area contributed by atoms with Crippen LogP contribution in [0.3, 0.4) is 0 Å². The normalized spacial score (nSPS) is 26.9. The Morgan fingerprint density at radius 2 is 2.07 bits per heavy atom. The average Bonchev–Trinajstić information content (AvgIpc) is 2.24.